The van der Waals surface area contributed by atoms with Crippen LogP contribution < -0.4 is 5.32 Å². The number of amides is 1. The largest absolute Gasteiger partial charge is 0.349 e. The van der Waals surface area contributed by atoms with Crippen LogP contribution in [0.25, 0.3) is 0 Å². The average Bonchev–Trinajstić information content (AvgIpc) is 2.27. The van der Waals surface area contributed by atoms with Crippen molar-refractivity contribution in [3.05, 3.63) is 35.4 Å². The van der Waals surface area contributed by atoms with Gasteiger partial charge >= 0.3 is 0 Å². The molecule has 0 spiro atoms. The second-order valence-electron chi connectivity index (χ2n) is 4.43. The van der Waals surface area contributed by atoms with E-state index < -0.39 is 17.5 Å². The summed E-state index contributed by atoms with van der Waals surface area (Å²) < 4.78 is 26.1. The predicted molar refractivity (Wildman–Crippen MR) is 67.8 cm³/mol. The molecule has 0 fully saturated rings. The van der Waals surface area contributed by atoms with Gasteiger partial charge in [0.05, 0.1) is 5.56 Å². The Morgan fingerprint density at radius 3 is 2.56 bits per heavy atom. The van der Waals surface area contributed by atoms with Crippen molar-refractivity contribution in [2.75, 3.05) is 5.88 Å². The van der Waals surface area contributed by atoms with Gasteiger partial charge in [0.1, 0.15) is 11.6 Å². The number of hydrogen-bond donors (Lipinski definition) is 1. The van der Waals surface area contributed by atoms with E-state index in [2.05, 4.69) is 5.32 Å². The van der Waals surface area contributed by atoms with Crippen LogP contribution in [0.3, 0.4) is 0 Å². The second kappa shape index (κ2) is 6.69. The quantitative estimate of drug-likeness (QED) is 0.821. The molecule has 1 N–H and O–H groups in total. The maximum absolute atomic E-state index is 13.4. The predicted octanol–water partition coefficient (Wildman–Crippen LogP) is 3.35. The van der Waals surface area contributed by atoms with Crippen LogP contribution in [0.5, 0.6) is 0 Å². The van der Waals surface area contributed by atoms with E-state index in [4.69, 9.17) is 11.6 Å². The minimum absolute atomic E-state index is 0.126. The first-order valence-electron chi connectivity index (χ1n) is 5.77. The molecule has 0 saturated heterocycles. The van der Waals surface area contributed by atoms with Crippen molar-refractivity contribution < 1.29 is 13.6 Å². The Morgan fingerprint density at radius 2 is 2.06 bits per heavy atom. The third-order valence-corrected chi connectivity index (χ3v) is 2.94. The molecule has 1 aromatic carbocycles. The summed E-state index contributed by atoms with van der Waals surface area (Å²) in [4.78, 5) is 11.8. The van der Waals surface area contributed by atoms with E-state index in [1.807, 2.05) is 13.8 Å². The lowest BCUT2D eigenvalue weighted by Crippen LogP contribution is -2.39. The topological polar surface area (TPSA) is 29.1 Å². The van der Waals surface area contributed by atoms with Crippen LogP contribution in [-0.4, -0.2) is 17.8 Å². The Hall–Kier alpha value is -1.16. The fourth-order valence-corrected chi connectivity index (χ4v) is 1.84. The van der Waals surface area contributed by atoms with Gasteiger partial charge in [0.2, 0.25) is 0 Å². The first-order chi connectivity index (χ1) is 8.45. The van der Waals surface area contributed by atoms with Crippen molar-refractivity contribution in [2.24, 2.45) is 5.92 Å². The third kappa shape index (κ3) is 3.95. The Labute approximate surface area is 110 Å². The maximum Gasteiger partial charge on any atom is 0.254 e. The molecule has 0 heterocycles. The van der Waals surface area contributed by atoms with E-state index >= 15 is 0 Å². The van der Waals surface area contributed by atoms with Crippen molar-refractivity contribution in [3.63, 3.8) is 0 Å². The first-order valence-corrected chi connectivity index (χ1v) is 6.31. The fourth-order valence-electron chi connectivity index (χ4n) is 1.61. The lowest BCUT2D eigenvalue weighted by Gasteiger charge is -2.21. The van der Waals surface area contributed by atoms with Gasteiger partial charge in [-0.05, 0) is 24.5 Å². The molecular weight excluding hydrogens is 260 g/mol. The van der Waals surface area contributed by atoms with Crippen molar-refractivity contribution in [3.8, 4) is 0 Å². The Kier molecular flexibility index (Phi) is 5.54. The van der Waals surface area contributed by atoms with E-state index in [-0.39, 0.29) is 17.5 Å². The van der Waals surface area contributed by atoms with Crippen molar-refractivity contribution in [2.45, 2.75) is 26.3 Å². The van der Waals surface area contributed by atoms with Crippen molar-refractivity contribution >= 4 is 17.5 Å². The Morgan fingerprint density at radius 1 is 1.39 bits per heavy atom. The van der Waals surface area contributed by atoms with Gasteiger partial charge in [-0.3, -0.25) is 4.79 Å². The molecule has 18 heavy (non-hydrogen) atoms. The molecule has 0 radical (unpaired) electrons. The van der Waals surface area contributed by atoms with E-state index in [1.54, 1.807) is 0 Å². The summed E-state index contributed by atoms with van der Waals surface area (Å²) in [5.41, 5.74) is -0.156. The van der Waals surface area contributed by atoms with Gasteiger partial charge in [-0.25, -0.2) is 8.78 Å². The summed E-state index contributed by atoms with van der Waals surface area (Å²) in [6, 6.07) is 2.77. The number of nitrogens with one attached hydrogen (secondary N) is 1. The molecule has 1 atom stereocenters. The van der Waals surface area contributed by atoms with Crippen LogP contribution in [0.1, 0.15) is 30.6 Å². The zero-order valence-electron chi connectivity index (χ0n) is 10.3. The number of carbonyl (C=O) groups excluding carboxylic acids is 1. The van der Waals surface area contributed by atoms with Crippen molar-refractivity contribution in [1.29, 1.82) is 0 Å². The van der Waals surface area contributed by atoms with Gasteiger partial charge in [0.15, 0.2) is 0 Å². The summed E-state index contributed by atoms with van der Waals surface area (Å²) >= 11 is 5.65. The van der Waals surface area contributed by atoms with Crippen molar-refractivity contribution in [1.82, 2.24) is 5.32 Å². The van der Waals surface area contributed by atoms with E-state index in [0.717, 1.165) is 12.1 Å². The van der Waals surface area contributed by atoms with Gasteiger partial charge in [0, 0.05) is 18.0 Å². The van der Waals surface area contributed by atoms with Gasteiger partial charge in [-0.1, -0.05) is 13.8 Å². The number of hydrogen-bond acceptors (Lipinski definition) is 1. The number of rotatable bonds is 5. The zero-order chi connectivity index (χ0) is 13.7. The highest BCUT2D eigenvalue weighted by atomic mass is 35.5. The van der Waals surface area contributed by atoms with Crippen LogP contribution in [0.4, 0.5) is 8.78 Å². The van der Waals surface area contributed by atoms with Crippen LogP contribution in [0.15, 0.2) is 18.2 Å². The summed E-state index contributed by atoms with van der Waals surface area (Å²) in [5.74, 6) is -1.51. The highest BCUT2D eigenvalue weighted by Crippen LogP contribution is 2.12. The molecule has 0 aliphatic heterocycles. The molecule has 0 saturated carbocycles. The molecule has 0 aliphatic rings. The molecular formula is C13H16ClF2NO. The van der Waals surface area contributed by atoms with Crippen LogP contribution >= 0.6 is 11.6 Å². The van der Waals surface area contributed by atoms with Crippen LogP contribution in [-0.2, 0) is 0 Å². The van der Waals surface area contributed by atoms with Gasteiger partial charge in [-0.15, -0.1) is 11.6 Å². The monoisotopic (exact) mass is 275 g/mol. The van der Waals surface area contributed by atoms with E-state index in [1.165, 1.54) is 0 Å². The third-order valence-electron chi connectivity index (χ3n) is 2.72. The summed E-state index contributed by atoms with van der Waals surface area (Å²) in [6.45, 7) is 3.89. The van der Waals surface area contributed by atoms with Crippen LogP contribution in [0, 0.1) is 17.6 Å². The normalized spacial score (nSPS) is 12.6. The molecule has 100 valence electrons. The maximum atomic E-state index is 13.4. The summed E-state index contributed by atoms with van der Waals surface area (Å²) in [7, 11) is 0. The number of halogens is 3. The molecule has 5 heteroatoms. The SMILES string of the molecule is CC(C)C(CCCl)NC(=O)c1ccc(F)cc1F. The molecule has 1 amide bonds. The fraction of sp³-hybridized carbons (Fsp3) is 0.462. The van der Waals surface area contributed by atoms with E-state index in [0.29, 0.717) is 18.4 Å². The van der Waals surface area contributed by atoms with Gasteiger partial charge < -0.3 is 5.32 Å². The number of carbonyl (C=O) groups is 1. The minimum atomic E-state index is -0.860. The molecule has 1 rings (SSSR count). The Balaban J connectivity index is 2.80. The lowest BCUT2D eigenvalue weighted by atomic mass is 10.0. The van der Waals surface area contributed by atoms with Crippen LogP contribution in [0.2, 0.25) is 0 Å². The molecule has 1 aromatic rings. The average molecular weight is 276 g/mol. The van der Waals surface area contributed by atoms with E-state index in [9.17, 15) is 13.6 Å². The zero-order valence-corrected chi connectivity index (χ0v) is 11.1. The van der Waals surface area contributed by atoms with Gasteiger partial charge in [0.25, 0.3) is 5.91 Å². The lowest BCUT2D eigenvalue weighted by molar-refractivity contribution is 0.0920. The first kappa shape index (κ1) is 14.9. The highest BCUT2D eigenvalue weighted by Gasteiger charge is 2.19. The molecule has 1 unspecified atom stereocenters. The summed E-state index contributed by atoms with van der Waals surface area (Å²) in [6.07, 6.45) is 0.605. The molecule has 0 aromatic heterocycles. The Bertz CT molecular complexity index is 423. The minimum Gasteiger partial charge on any atom is -0.349 e. The molecule has 2 nitrogen and oxygen atoms in total. The second-order valence-corrected chi connectivity index (χ2v) is 4.80. The summed E-state index contributed by atoms with van der Waals surface area (Å²) in [5, 5.41) is 2.71. The van der Waals surface area contributed by atoms with Gasteiger partial charge in [-0.2, -0.15) is 0 Å². The molecule has 0 bridgehead atoms. The highest BCUT2D eigenvalue weighted by molar-refractivity contribution is 6.17. The number of benzene rings is 1. The molecule has 0 aliphatic carbocycles. The smallest absolute Gasteiger partial charge is 0.254 e. The number of alkyl halides is 1. The standard InChI is InChI=1S/C13H16ClF2NO/c1-8(2)12(5-6-14)17-13(18)10-4-3-9(15)7-11(10)16/h3-4,7-8,12H,5-6H2,1-2H3,(H,17,18).